The average Bonchev–Trinajstić information content (AvgIpc) is 3.53. The quantitative estimate of drug-likeness (QED) is 0.312. The zero-order chi connectivity index (χ0) is 22.8. The molecule has 1 saturated carbocycles. The second-order valence-electron chi connectivity index (χ2n) is 8.33. The van der Waals surface area contributed by atoms with Crippen LogP contribution in [0, 0.1) is 23.3 Å². The van der Waals surface area contributed by atoms with Crippen molar-refractivity contribution in [3.05, 3.63) is 53.9 Å². The highest BCUT2D eigenvalue weighted by atomic mass is 19.4. The fourth-order valence-corrected chi connectivity index (χ4v) is 4.38. The lowest BCUT2D eigenvalue weighted by molar-refractivity contribution is -0.168. The first-order valence-corrected chi connectivity index (χ1v) is 10.5. The van der Waals surface area contributed by atoms with Crippen LogP contribution in [-0.4, -0.2) is 37.3 Å². The Hall–Kier alpha value is -3.74. The van der Waals surface area contributed by atoms with Crippen LogP contribution in [0.15, 0.2) is 36.7 Å². The van der Waals surface area contributed by atoms with E-state index in [1.807, 2.05) is 17.0 Å². The van der Waals surface area contributed by atoms with E-state index in [4.69, 9.17) is 0 Å². The number of aromatic nitrogens is 5. The predicted molar refractivity (Wildman–Crippen MR) is 112 cm³/mol. The number of pyridine rings is 1. The maximum absolute atomic E-state index is 14.2. The Morgan fingerprint density at radius 3 is 2.67 bits per heavy atom. The van der Waals surface area contributed by atoms with Crippen molar-refractivity contribution in [3.8, 4) is 11.8 Å². The smallest absolute Gasteiger partial charge is 0.324 e. The van der Waals surface area contributed by atoms with Gasteiger partial charge in [0.25, 0.3) is 5.78 Å². The van der Waals surface area contributed by atoms with Gasteiger partial charge in [-0.3, -0.25) is 4.98 Å². The number of rotatable bonds is 1. The van der Waals surface area contributed by atoms with Crippen molar-refractivity contribution in [1.82, 2.24) is 24.6 Å². The van der Waals surface area contributed by atoms with Crippen LogP contribution in [0.3, 0.4) is 0 Å². The van der Waals surface area contributed by atoms with Gasteiger partial charge in [0.1, 0.15) is 11.2 Å². The van der Waals surface area contributed by atoms with Crippen molar-refractivity contribution < 1.29 is 17.6 Å². The molecule has 0 atom stereocenters. The van der Waals surface area contributed by atoms with E-state index in [2.05, 4.69) is 32.0 Å². The maximum atomic E-state index is 14.2. The molecule has 1 fully saturated rings. The number of hydrogen-bond donors (Lipinski definition) is 0. The monoisotopic (exact) mass is 452 g/mol. The molecule has 2 aliphatic rings. The van der Waals surface area contributed by atoms with E-state index >= 15 is 0 Å². The van der Waals surface area contributed by atoms with Gasteiger partial charge in [-0.05, 0) is 43.4 Å². The minimum absolute atomic E-state index is 0.0307. The number of halogens is 4. The van der Waals surface area contributed by atoms with Crippen LogP contribution in [0.4, 0.5) is 29.1 Å². The molecule has 33 heavy (non-hydrogen) atoms. The van der Waals surface area contributed by atoms with Gasteiger partial charge in [0.15, 0.2) is 0 Å². The molecule has 3 aromatic heterocycles. The van der Waals surface area contributed by atoms with Gasteiger partial charge in [0, 0.05) is 23.7 Å². The van der Waals surface area contributed by atoms with E-state index < -0.39 is 17.7 Å². The molecule has 6 nitrogen and oxygen atoms in total. The summed E-state index contributed by atoms with van der Waals surface area (Å²) in [6.45, 7) is 0.613. The molecule has 0 spiro atoms. The molecule has 0 unspecified atom stereocenters. The SMILES string of the molecule is Fc1nnc2nc(N3CCCc4c(C#CC5(C(F)(F)F)CC5)cncc43)c3ccccc3n12. The van der Waals surface area contributed by atoms with E-state index in [0.717, 1.165) is 17.7 Å². The molecule has 166 valence electrons. The van der Waals surface area contributed by atoms with Gasteiger partial charge in [-0.2, -0.15) is 22.5 Å². The van der Waals surface area contributed by atoms with Crippen LogP contribution in [0.2, 0.25) is 0 Å². The second kappa shape index (κ2) is 6.88. The summed E-state index contributed by atoms with van der Waals surface area (Å²) in [4.78, 5) is 10.8. The zero-order valence-electron chi connectivity index (χ0n) is 17.2. The van der Waals surface area contributed by atoms with Crippen LogP contribution in [0.5, 0.6) is 0 Å². The molecule has 1 aliphatic heterocycles. The molecular weight excluding hydrogens is 436 g/mol. The topological polar surface area (TPSA) is 59.2 Å². The van der Waals surface area contributed by atoms with Gasteiger partial charge in [0.05, 0.1) is 17.4 Å². The van der Waals surface area contributed by atoms with Gasteiger partial charge < -0.3 is 4.90 Å². The van der Waals surface area contributed by atoms with Crippen molar-refractivity contribution in [3.63, 3.8) is 0 Å². The first-order chi connectivity index (χ1) is 15.9. The Balaban J connectivity index is 1.50. The Bertz CT molecular complexity index is 1480. The number of para-hydroxylation sites is 1. The summed E-state index contributed by atoms with van der Waals surface area (Å²) in [6, 6.07) is 7.22. The number of fused-ring (bicyclic) bond motifs is 4. The van der Waals surface area contributed by atoms with Crippen LogP contribution in [-0.2, 0) is 6.42 Å². The van der Waals surface area contributed by atoms with E-state index in [1.54, 1.807) is 18.3 Å². The summed E-state index contributed by atoms with van der Waals surface area (Å²) < 4.78 is 55.5. The van der Waals surface area contributed by atoms with Gasteiger partial charge in [-0.25, -0.2) is 4.40 Å². The average molecular weight is 452 g/mol. The molecule has 6 rings (SSSR count). The molecule has 10 heteroatoms. The number of anilines is 2. The lowest BCUT2D eigenvalue weighted by atomic mass is 9.97. The first kappa shape index (κ1) is 19.9. The Kier molecular flexibility index (Phi) is 4.15. The van der Waals surface area contributed by atoms with Gasteiger partial charge >= 0.3 is 12.3 Å². The molecule has 1 aromatic carbocycles. The van der Waals surface area contributed by atoms with Crippen LogP contribution >= 0.6 is 0 Å². The van der Waals surface area contributed by atoms with Crippen molar-refractivity contribution in [2.75, 3.05) is 11.4 Å². The van der Waals surface area contributed by atoms with Crippen molar-refractivity contribution >= 4 is 28.2 Å². The number of nitrogens with zero attached hydrogens (tertiary/aromatic N) is 6. The molecule has 4 aromatic rings. The molecule has 0 saturated heterocycles. The third-order valence-corrected chi connectivity index (χ3v) is 6.32. The summed E-state index contributed by atoms with van der Waals surface area (Å²) in [5, 5.41) is 8.04. The van der Waals surface area contributed by atoms with Gasteiger partial charge in [0.2, 0.25) is 0 Å². The summed E-state index contributed by atoms with van der Waals surface area (Å²) in [7, 11) is 0. The van der Waals surface area contributed by atoms with Crippen molar-refractivity contribution in [1.29, 1.82) is 0 Å². The standard InChI is InChI=1S/C23H16F4N6/c24-20-30-31-21-29-19(16-4-1-2-6-17(16)33(20)21)32-11-3-5-15-14(12-28-13-18(15)32)7-8-22(9-10-22)23(25,26)27/h1-2,4,6,12-13H,3,5,9-11H2. The largest absolute Gasteiger partial charge is 0.405 e. The minimum atomic E-state index is -4.33. The van der Waals surface area contributed by atoms with E-state index in [0.29, 0.717) is 35.2 Å². The van der Waals surface area contributed by atoms with Crippen LogP contribution in [0.1, 0.15) is 30.4 Å². The van der Waals surface area contributed by atoms with E-state index in [-0.39, 0.29) is 18.6 Å². The Morgan fingerprint density at radius 1 is 1.06 bits per heavy atom. The normalized spacial score (nSPS) is 17.0. The Morgan fingerprint density at radius 2 is 1.88 bits per heavy atom. The molecule has 0 radical (unpaired) electrons. The van der Waals surface area contributed by atoms with Crippen LogP contribution in [0.25, 0.3) is 16.7 Å². The second-order valence-corrected chi connectivity index (χ2v) is 8.33. The fourth-order valence-electron chi connectivity index (χ4n) is 4.38. The number of hydrogen-bond acceptors (Lipinski definition) is 5. The summed E-state index contributed by atoms with van der Waals surface area (Å²) in [5.41, 5.74) is 0.723. The number of benzene rings is 1. The van der Waals surface area contributed by atoms with Crippen LogP contribution < -0.4 is 4.90 Å². The lowest BCUT2D eigenvalue weighted by Crippen LogP contribution is -2.27. The Labute approximate surface area is 185 Å². The maximum Gasteiger partial charge on any atom is 0.405 e. The fraction of sp³-hybridized carbons (Fsp3) is 0.304. The third-order valence-electron chi connectivity index (χ3n) is 6.32. The summed E-state index contributed by atoms with van der Waals surface area (Å²) >= 11 is 0. The molecular formula is C23H16F4N6. The zero-order valence-corrected chi connectivity index (χ0v) is 17.2. The van der Waals surface area contributed by atoms with Gasteiger partial charge in [-0.1, -0.05) is 29.1 Å². The summed E-state index contributed by atoms with van der Waals surface area (Å²) in [5.74, 6) is 5.93. The van der Waals surface area contributed by atoms with E-state index in [1.165, 1.54) is 10.6 Å². The molecule has 0 N–H and O–H groups in total. The predicted octanol–water partition coefficient (Wildman–Crippen LogP) is 4.59. The molecule has 0 amide bonds. The molecule has 4 heterocycles. The summed E-state index contributed by atoms with van der Waals surface area (Å²) in [6.07, 6.45) is -0.426. The lowest BCUT2D eigenvalue weighted by Gasteiger charge is -2.31. The number of alkyl halides is 3. The highest BCUT2D eigenvalue weighted by molar-refractivity contribution is 5.94. The minimum Gasteiger partial charge on any atom is -0.324 e. The van der Waals surface area contributed by atoms with Crippen molar-refractivity contribution in [2.24, 2.45) is 5.41 Å². The third kappa shape index (κ3) is 3.03. The molecule has 1 aliphatic carbocycles. The highest BCUT2D eigenvalue weighted by Gasteiger charge is 2.62. The highest BCUT2D eigenvalue weighted by Crippen LogP contribution is 2.57. The van der Waals surface area contributed by atoms with E-state index in [9.17, 15) is 17.6 Å². The van der Waals surface area contributed by atoms with Gasteiger partial charge in [-0.15, -0.1) is 5.10 Å². The molecule has 0 bridgehead atoms. The van der Waals surface area contributed by atoms with Crippen molar-refractivity contribution in [2.45, 2.75) is 31.9 Å². The first-order valence-electron chi connectivity index (χ1n) is 10.5.